The lowest BCUT2D eigenvalue weighted by atomic mass is 10.0. The molecule has 0 aliphatic carbocycles. The third kappa shape index (κ3) is 11.5. The number of aromatic nitrogens is 2. The highest BCUT2D eigenvalue weighted by Crippen LogP contribution is 2.21. The highest BCUT2D eigenvalue weighted by molar-refractivity contribution is 6.30. The van der Waals surface area contributed by atoms with E-state index in [1.165, 1.54) is 24.1 Å². The lowest BCUT2D eigenvalue weighted by molar-refractivity contribution is -0.117. The van der Waals surface area contributed by atoms with Crippen LogP contribution in [0.4, 0.5) is 11.4 Å². The van der Waals surface area contributed by atoms with Crippen LogP contribution < -0.4 is 10.6 Å². The number of carbonyl (C=O) groups is 2. The molecular formula is C30H42ClN5O2. The van der Waals surface area contributed by atoms with Gasteiger partial charge in [0.2, 0.25) is 11.8 Å². The summed E-state index contributed by atoms with van der Waals surface area (Å²) in [6.45, 7) is 7.07. The molecule has 7 nitrogen and oxygen atoms in total. The molecule has 0 spiro atoms. The van der Waals surface area contributed by atoms with Gasteiger partial charge < -0.3 is 20.5 Å². The second-order valence-corrected chi connectivity index (χ2v) is 9.98. The number of aromatic amines is 1. The first-order valence-electron chi connectivity index (χ1n) is 13.0. The van der Waals surface area contributed by atoms with E-state index >= 15 is 0 Å². The number of nitrogens with one attached hydrogen (secondary N) is 3. The summed E-state index contributed by atoms with van der Waals surface area (Å²) >= 11 is 5.70. The summed E-state index contributed by atoms with van der Waals surface area (Å²) in [5.41, 5.74) is 4.09. The van der Waals surface area contributed by atoms with E-state index in [-0.39, 0.29) is 19.2 Å². The summed E-state index contributed by atoms with van der Waals surface area (Å²) in [7, 11) is 0. The summed E-state index contributed by atoms with van der Waals surface area (Å²) in [4.78, 5) is 32.9. The molecule has 0 bridgehead atoms. The van der Waals surface area contributed by atoms with Crippen LogP contribution >= 0.6 is 11.6 Å². The first-order chi connectivity index (χ1) is 17.9. The fraction of sp³-hybridized carbons (Fsp3) is 0.433. The summed E-state index contributed by atoms with van der Waals surface area (Å²) in [5, 5.41) is 6.42. The molecule has 1 aromatic heterocycles. The molecule has 4 rings (SSSR count). The van der Waals surface area contributed by atoms with Gasteiger partial charge in [-0.1, -0.05) is 43.6 Å². The van der Waals surface area contributed by atoms with Crippen LogP contribution in [0.15, 0.2) is 61.1 Å². The summed E-state index contributed by atoms with van der Waals surface area (Å²) in [6.07, 6.45) is 9.10. The van der Waals surface area contributed by atoms with Gasteiger partial charge in [-0.25, -0.2) is 4.98 Å². The molecule has 8 heteroatoms. The second kappa shape index (κ2) is 16.6. The Balaban J connectivity index is 0.000000309. The minimum Gasteiger partial charge on any atom is -0.348 e. The number of anilines is 2. The maximum atomic E-state index is 12.1. The molecule has 1 unspecified atom stereocenters. The molecule has 206 valence electrons. The van der Waals surface area contributed by atoms with Gasteiger partial charge in [0.1, 0.15) is 0 Å². The predicted molar refractivity (Wildman–Crippen MR) is 158 cm³/mol. The third-order valence-electron chi connectivity index (χ3n) is 6.34. The van der Waals surface area contributed by atoms with Crippen molar-refractivity contribution >= 4 is 34.8 Å². The lowest BCUT2D eigenvalue weighted by Crippen LogP contribution is -2.26. The Morgan fingerprint density at radius 2 is 1.66 bits per heavy atom. The van der Waals surface area contributed by atoms with Gasteiger partial charge in [0.15, 0.2) is 0 Å². The van der Waals surface area contributed by atoms with Crippen molar-refractivity contribution in [3.8, 4) is 0 Å². The molecule has 3 aromatic rings. The van der Waals surface area contributed by atoms with Crippen LogP contribution in [0.3, 0.4) is 0 Å². The molecule has 0 saturated carbocycles. The van der Waals surface area contributed by atoms with E-state index in [0.29, 0.717) is 17.9 Å². The number of aryl methyl sites for hydroxylation is 2. The van der Waals surface area contributed by atoms with Crippen LogP contribution in [0.2, 0.25) is 5.02 Å². The predicted octanol–water partition coefficient (Wildman–Crippen LogP) is 6.72. The van der Waals surface area contributed by atoms with Gasteiger partial charge in [0.25, 0.3) is 0 Å². The van der Waals surface area contributed by atoms with Crippen molar-refractivity contribution in [2.75, 3.05) is 30.3 Å². The number of benzene rings is 2. The van der Waals surface area contributed by atoms with Gasteiger partial charge in [-0.2, -0.15) is 0 Å². The monoisotopic (exact) mass is 539 g/mol. The largest absolute Gasteiger partial charge is 0.348 e. The molecule has 2 amide bonds. The summed E-state index contributed by atoms with van der Waals surface area (Å²) < 4.78 is 0. The summed E-state index contributed by atoms with van der Waals surface area (Å²) in [6, 6.07) is 15.0. The normalized spacial score (nSPS) is 14.7. The standard InChI is InChI=1S/C19H26N4O.C10H12ClNO.CH4/c1-15-2-5-17(6-3-15)22-19(24)9-11-23-10-8-16(13-23)4-7-18-12-20-14-21-18;1-2-3-10(13)12-9-6-4-8(11)5-7-9;/h2-3,5-6,12,14,16H,4,7-11,13H2,1H3,(H,20,21)(H,22,24);4-7H,2-3H2,1H3,(H,12,13);1H4. The zero-order valence-corrected chi connectivity index (χ0v) is 22.6. The van der Waals surface area contributed by atoms with Gasteiger partial charge in [-0.3, -0.25) is 9.59 Å². The van der Waals surface area contributed by atoms with Crippen LogP contribution in [0.1, 0.15) is 57.7 Å². The highest BCUT2D eigenvalue weighted by atomic mass is 35.5. The van der Waals surface area contributed by atoms with Crippen LogP contribution in [0.25, 0.3) is 0 Å². The summed E-state index contributed by atoms with van der Waals surface area (Å²) in [5.74, 6) is 0.873. The third-order valence-corrected chi connectivity index (χ3v) is 6.59. The van der Waals surface area contributed by atoms with Crippen molar-refractivity contribution in [2.24, 2.45) is 5.92 Å². The van der Waals surface area contributed by atoms with Crippen LogP contribution in [0.5, 0.6) is 0 Å². The molecule has 1 saturated heterocycles. The number of likely N-dealkylation sites (tertiary alicyclic amines) is 1. The smallest absolute Gasteiger partial charge is 0.225 e. The van der Waals surface area contributed by atoms with Gasteiger partial charge in [0, 0.05) is 54.2 Å². The average molecular weight is 540 g/mol. The van der Waals surface area contributed by atoms with Gasteiger partial charge in [-0.05, 0) is 81.5 Å². The number of hydrogen-bond donors (Lipinski definition) is 3. The topological polar surface area (TPSA) is 90.1 Å². The molecule has 1 atom stereocenters. The minimum absolute atomic E-state index is 0. The number of hydrogen-bond acceptors (Lipinski definition) is 4. The Morgan fingerprint density at radius 3 is 2.26 bits per heavy atom. The quantitative estimate of drug-likeness (QED) is 0.267. The Morgan fingerprint density at radius 1 is 1.03 bits per heavy atom. The molecule has 3 N–H and O–H groups in total. The van der Waals surface area contributed by atoms with Crippen molar-refractivity contribution in [3.63, 3.8) is 0 Å². The maximum Gasteiger partial charge on any atom is 0.225 e. The van der Waals surface area contributed by atoms with Gasteiger partial charge in [0.05, 0.1) is 6.33 Å². The minimum atomic E-state index is 0. The molecule has 1 aliphatic heterocycles. The van der Waals surface area contributed by atoms with E-state index in [2.05, 4.69) is 25.5 Å². The second-order valence-electron chi connectivity index (χ2n) is 9.54. The average Bonchev–Trinajstić information content (AvgIpc) is 3.57. The van der Waals surface area contributed by atoms with E-state index in [4.69, 9.17) is 11.6 Å². The SMILES string of the molecule is C.CCCC(=O)Nc1ccc(Cl)cc1.Cc1ccc(NC(=O)CCN2CCC(CCc3cnc[nH]3)C2)cc1. The molecule has 2 aromatic carbocycles. The maximum absolute atomic E-state index is 12.1. The number of amides is 2. The molecule has 2 heterocycles. The number of nitrogens with zero attached hydrogens (tertiary/aromatic N) is 2. The van der Waals surface area contributed by atoms with Crippen LogP contribution in [0, 0.1) is 12.8 Å². The van der Waals surface area contributed by atoms with Gasteiger partial charge in [-0.15, -0.1) is 0 Å². The van der Waals surface area contributed by atoms with Crippen molar-refractivity contribution in [1.82, 2.24) is 14.9 Å². The van der Waals surface area contributed by atoms with E-state index < -0.39 is 0 Å². The fourth-order valence-corrected chi connectivity index (χ4v) is 4.36. The number of halogens is 1. The first kappa shape index (κ1) is 31.1. The molecular weight excluding hydrogens is 498 g/mol. The molecule has 0 radical (unpaired) electrons. The Kier molecular flexibility index (Phi) is 13.6. The number of H-pyrrole nitrogens is 1. The molecule has 38 heavy (non-hydrogen) atoms. The van der Waals surface area contributed by atoms with E-state index in [0.717, 1.165) is 49.8 Å². The lowest BCUT2D eigenvalue weighted by Gasteiger charge is -2.15. The number of imidazole rings is 1. The van der Waals surface area contributed by atoms with Crippen molar-refractivity contribution < 1.29 is 9.59 Å². The fourth-order valence-electron chi connectivity index (χ4n) is 4.24. The first-order valence-corrected chi connectivity index (χ1v) is 13.4. The number of carbonyl (C=O) groups excluding carboxylic acids is 2. The Labute approximate surface area is 232 Å². The van der Waals surface area contributed by atoms with E-state index in [1.807, 2.05) is 44.3 Å². The Hall–Kier alpha value is -3.16. The molecule has 1 aliphatic rings. The van der Waals surface area contributed by atoms with E-state index in [1.54, 1.807) is 30.6 Å². The van der Waals surface area contributed by atoms with Crippen molar-refractivity contribution in [3.05, 3.63) is 77.3 Å². The zero-order chi connectivity index (χ0) is 26.5. The Bertz CT molecular complexity index is 1080. The van der Waals surface area contributed by atoms with E-state index in [9.17, 15) is 9.59 Å². The van der Waals surface area contributed by atoms with Gasteiger partial charge >= 0.3 is 0 Å². The zero-order valence-electron chi connectivity index (χ0n) is 21.8. The van der Waals surface area contributed by atoms with Crippen LogP contribution in [-0.2, 0) is 16.0 Å². The van der Waals surface area contributed by atoms with Crippen LogP contribution in [-0.4, -0.2) is 46.3 Å². The van der Waals surface area contributed by atoms with Crippen molar-refractivity contribution in [2.45, 2.75) is 59.8 Å². The molecule has 1 fully saturated rings. The van der Waals surface area contributed by atoms with Crippen molar-refractivity contribution in [1.29, 1.82) is 0 Å². The highest BCUT2D eigenvalue weighted by Gasteiger charge is 2.22. The number of rotatable bonds is 10.